The number of likely N-dealkylation sites (tertiary alicyclic amines) is 1. The van der Waals surface area contributed by atoms with E-state index >= 15 is 0 Å². The summed E-state index contributed by atoms with van der Waals surface area (Å²) in [6.45, 7) is 3.62. The molecule has 0 aliphatic carbocycles. The molecule has 1 aliphatic heterocycles. The predicted octanol–water partition coefficient (Wildman–Crippen LogP) is 2.68. The molecular formula is C17H24N2O4S. The molecule has 1 N–H and O–H groups in total. The first-order valence-electron chi connectivity index (χ1n) is 8.03. The fourth-order valence-electron chi connectivity index (χ4n) is 2.71. The van der Waals surface area contributed by atoms with Crippen molar-refractivity contribution in [2.75, 3.05) is 39.2 Å². The molecule has 1 saturated heterocycles. The number of ether oxygens (including phenoxy) is 3. The van der Waals surface area contributed by atoms with Crippen molar-refractivity contribution in [3.63, 3.8) is 0 Å². The highest BCUT2D eigenvalue weighted by Gasteiger charge is 2.28. The summed E-state index contributed by atoms with van der Waals surface area (Å²) in [5.41, 5.74) is 0.765. The van der Waals surface area contributed by atoms with Crippen LogP contribution in [0.4, 0.5) is 5.69 Å². The number of carbonyl (C=O) groups excluding carboxylic acids is 1. The minimum atomic E-state index is -0.146. The van der Waals surface area contributed by atoms with E-state index in [1.807, 2.05) is 24.0 Å². The van der Waals surface area contributed by atoms with Gasteiger partial charge in [0.25, 0.3) is 0 Å². The summed E-state index contributed by atoms with van der Waals surface area (Å²) in [6, 6.07) is 5.49. The van der Waals surface area contributed by atoms with E-state index in [-0.39, 0.29) is 11.9 Å². The van der Waals surface area contributed by atoms with Gasteiger partial charge in [-0.05, 0) is 44.1 Å². The van der Waals surface area contributed by atoms with Crippen LogP contribution in [0.25, 0.3) is 0 Å². The molecule has 1 aromatic carbocycles. The third kappa shape index (κ3) is 4.50. The third-order valence-corrected chi connectivity index (χ3v) is 4.34. The number of hydrogen-bond donors (Lipinski definition) is 1. The van der Waals surface area contributed by atoms with Crippen LogP contribution in [0.5, 0.6) is 11.5 Å². The Balaban J connectivity index is 2.02. The maximum Gasteiger partial charge on any atom is 0.310 e. The van der Waals surface area contributed by atoms with Gasteiger partial charge < -0.3 is 24.4 Å². The second-order valence-corrected chi connectivity index (χ2v) is 5.92. The quantitative estimate of drug-likeness (QED) is 0.646. The molecule has 1 fully saturated rings. The van der Waals surface area contributed by atoms with Crippen LogP contribution in [0.3, 0.4) is 0 Å². The first kappa shape index (κ1) is 18.3. The lowest BCUT2D eigenvalue weighted by molar-refractivity contribution is -0.149. The molecule has 24 heavy (non-hydrogen) atoms. The van der Waals surface area contributed by atoms with E-state index < -0.39 is 0 Å². The lowest BCUT2D eigenvalue weighted by atomic mass is 9.98. The highest BCUT2D eigenvalue weighted by atomic mass is 32.1. The number of nitrogens with zero attached hydrogens (tertiary/aromatic N) is 1. The summed E-state index contributed by atoms with van der Waals surface area (Å²) in [5.74, 6) is 1.09. The van der Waals surface area contributed by atoms with Crippen LogP contribution in [-0.2, 0) is 9.53 Å². The Morgan fingerprint density at radius 3 is 2.83 bits per heavy atom. The van der Waals surface area contributed by atoms with Crippen LogP contribution in [0.15, 0.2) is 18.2 Å². The van der Waals surface area contributed by atoms with Gasteiger partial charge in [-0.3, -0.25) is 4.79 Å². The smallest absolute Gasteiger partial charge is 0.310 e. The Bertz CT molecular complexity index is 594. The molecule has 1 atom stereocenters. The van der Waals surface area contributed by atoms with Crippen molar-refractivity contribution in [1.29, 1.82) is 0 Å². The number of methoxy groups -OCH3 is 2. The number of anilines is 1. The van der Waals surface area contributed by atoms with Crippen molar-refractivity contribution in [3.8, 4) is 11.5 Å². The average Bonchev–Trinajstić information content (AvgIpc) is 2.62. The van der Waals surface area contributed by atoms with E-state index in [4.69, 9.17) is 26.4 Å². The van der Waals surface area contributed by atoms with Crippen LogP contribution in [0.1, 0.15) is 19.8 Å². The van der Waals surface area contributed by atoms with Gasteiger partial charge >= 0.3 is 5.97 Å². The van der Waals surface area contributed by atoms with Gasteiger partial charge in [-0.2, -0.15) is 0 Å². The van der Waals surface area contributed by atoms with E-state index in [2.05, 4.69) is 5.32 Å². The summed E-state index contributed by atoms with van der Waals surface area (Å²) in [4.78, 5) is 14.0. The number of piperidine rings is 1. The lowest BCUT2D eigenvalue weighted by Crippen LogP contribution is -2.44. The molecule has 0 aromatic heterocycles. The zero-order valence-electron chi connectivity index (χ0n) is 14.3. The van der Waals surface area contributed by atoms with Crippen molar-refractivity contribution in [1.82, 2.24) is 4.90 Å². The molecule has 0 radical (unpaired) electrons. The zero-order valence-corrected chi connectivity index (χ0v) is 15.1. The van der Waals surface area contributed by atoms with Gasteiger partial charge in [0, 0.05) is 19.2 Å². The fraction of sp³-hybridized carbons (Fsp3) is 0.529. The van der Waals surface area contributed by atoms with Crippen molar-refractivity contribution in [3.05, 3.63) is 18.2 Å². The standard InChI is InChI=1S/C17H24N2O4S/c1-4-23-16(20)12-6-5-9-19(11-12)17(24)18-14-8-7-13(21-2)10-15(14)22-3/h7-8,10,12H,4-6,9,11H2,1-3H3,(H,18,24)/t12-/m1/s1. The van der Waals surface area contributed by atoms with Gasteiger partial charge in [-0.25, -0.2) is 0 Å². The maximum atomic E-state index is 11.9. The first-order chi connectivity index (χ1) is 11.6. The molecule has 0 amide bonds. The van der Waals surface area contributed by atoms with Crippen molar-refractivity contribution < 1.29 is 19.0 Å². The molecule has 1 aliphatic rings. The Morgan fingerprint density at radius 2 is 2.17 bits per heavy atom. The number of nitrogens with one attached hydrogen (secondary N) is 1. The van der Waals surface area contributed by atoms with Gasteiger partial charge in [0.2, 0.25) is 0 Å². The number of thiocarbonyl (C=S) groups is 1. The lowest BCUT2D eigenvalue weighted by Gasteiger charge is -2.33. The Labute approximate surface area is 148 Å². The monoisotopic (exact) mass is 352 g/mol. The second kappa shape index (κ2) is 8.73. The summed E-state index contributed by atoms with van der Waals surface area (Å²) < 4.78 is 15.7. The molecule has 132 valence electrons. The molecule has 0 bridgehead atoms. The van der Waals surface area contributed by atoms with Gasteiger partial charge in [0.15, 0.2) is 5.11 Å². The Morgan fingerprint density at radius 1 is 1.38 bits per heavy atom. The number of esters is 1. The first-order valence-corrected chi connectivity index (χ1v) is 8.44. The van der Waals surface area contributed by atoms with E-state index in [1.54, 1.807) is 20.3 Å². The molecule has 0 spiro atoms. The number of carbonyl (C=O) groups is 1. The van der Waals surface area contributed by atoms with Crippen molar-refractivity contribution in [2.45, 2.75) is 19.8 Å². The largest absolute Gasteiger partial charge is 0.497 e. The van der Waals surface area contributed by atoms with Crippen LogP contribution < -0.4 is 14.8 Å². The number of benzene rings is 1. The summed E-state index contributed by atoms with van der Waals surface area (Å²) in [5, 5.41) is 3.78. The topological polar surface area (TPSA) is 60.0 Å². The Hall–Kier alpha value is -2.02. The van der Waals surface area contributed by atoms with E-state index in [0.29, 0.717) is 29.8 Å². The average molecular weight is 352 g/mol. The molecular weight excluding hydrogens is 328 g/mol. The van der Waals surface area contributed by atoms with Crippen molar-refractivity contribution in [2.24, 2.45) is 5.92 Å². The second-order valence-electron chi connectivity index (χ2n) is 5.53. The summed E-state index contributed by atoms with van der Waals surface area (Å²) in [7, 11) is 3.20. The van der Waals surface area contributed by atoms with Crippen LogP contribution in [-0.4, -0.2) is 49.9 Å². The fourth-order valence-corrected chi connectivity index (χ4v) is 2.99. The molecule has 0 unspecified atom stereocenters. The third-order valence-electron chi connectivity index (χ3n) is 3.98. The van der Waals surface area contributed by atoms with Gasteiger partial charge in [0.1, 0.15) is 11.5 Å². The maximum absolute atomic E-state index is 11.9. The number of rotatable bonds is 5. The van der Waals surface area contributed by atoms with Gasteiger partial charge in [-0.1, -0.05) is 0 Å². The van der Waals surface area contributed by atoms with Gasteiger partial charge in [-0.15, -0.1) is 0 Å². The normalized spacial score (nSPS) is 17.1. The van der Waals surface area contributed by atoms with Crippen molar-refractivity contribution >= 4 is 29.0 Å². The van der Waals surface area contributed by atoms with E-state index in [9.17, 15) is 4.79 Å². The molecule has 1 aromatic rings. The summed E-state index contributed by atoms with van der Waals surface area (Å²) >= 11 is 5.50. The van der Waals surface area contributed by atoms with Crippen LogP contribution in [0.2, 0.25) is 0 Å². The number of hydrogen-bond acceptors (Lipinski definition) is 5. The minimum Gasteiger partial charge on any atom is -0.497 e. The molecule has 7 heteroatoms. The highest BCUT2D eigenvalue weighted by molar-refractivity contribution is 7.80. The molecule has 0 saturated carbocycles. The highest BCUT2D eigenvalue weighted by Crippen LogP contribution is 2.29. The van der Waals surface area contributed by atoms with Gasteiger partial charge in [0.05, 0.1) is 32.4 Å². The van der Waals surface area contributed by atoms with Crippen LogP contribution in [0, 0.1) is 5.92 Å². The SMILES string of the molecule is CCOC(=O)[C@@H]1CCCN(C(=S)Nc2ccc(OC)cc2OC)C1. The van der Waals surface area contributed by atoms with E-state index in [0.717, 1.165) is 25.1 Å². The van der Waals surface area contributed by atoms with Crippen LogP contribution >= 0.6 is 12.2 Å². The predicted molar refractivity (Wildman–Crippen MR) is 96.7 cm³/mol. The molecule has 1 heterocycles. The molecule has 2 rings (SSSR count). The minimum absolute atomic E-state index is 0.129. The zero-order chi connectivity index (χ0) is 17.5. The van der Waals surface area contributed by atoms with E-state index in [1.165, 1.54) is 0 Å². The summed E-state index contributed by atoms with van der Waals surface area (Å²) in [6.07, 6.45) is 1.74. The molecule has 6 nitrogen and oxygen atoms in total. The Kier molecular flexibility index (Phi) is 6.66.